The molecule has 2 aromatic rings. The van der Waals surface area contributed by atoms with Gasteiger partial charge in [0.2, 0.25) is 0 Å². The molecule has 1 N–H and O–H groups in total. The largest absolute Gasteiger partial charge is 0.385 e. The zero-order valence-corrected chi connectivity index (χ0v) is 11.8. The summed E-state index contributed by atoms with van der Waals surface area (Å²) >= 11 is 7.08. The first kappa shape index (κ1) is 13.5. The Labute approximate surface area is 114 Å². The highest BCUT2D eigenvalue weighted by molar-refractivity contribution is 7.15. The molecule has 0 bridgehead atoms. The summed E-state index contributed by atoms with van der Waals surface area (Å²) in [7, 11) is 0. The molecule has 5 nitrogen and oxygen atoms in total. The highest BCUT2D eigenvalue weighted by Gasteiger charge is 2.16. The van der Waals surface area contributed by atoms with Crippen molar-refractivity contribution in [3.63, 3.8) is 0 Å². The lowest BCUT2D eigenvalue weighted by atomic mass is 10.2. The number of hydrogen-bond acceptors (Lipinski definition) is 5. The van der Waals surface area contributed by atoms with E-state index in [4.69, 9.17) is 11.6 Å². The van der Waals surface area contributed by atoms with Gasteiger partial charge in [0, 0.05) is 13.0 Å². The van der Waals surface area contributed by atoms with Gasteiger partial charge in [-0.25, -0.2) is 14.6 Å². The van der Waals surface area contributed by atoms with E-state index in [1.54, 1.807) is 6.20 Å². The first-order chi connectivity index (χ1) is 8.56. The van der Waals surface area contributed by atoms with Crippen molar-refractivity contribution in [3.8, 4) is 0 Å². The van der Waals surface area contributed by atoms with Gasteiger partial charge in [0.25, 0.3) is 0 Å². The maximum atomic E-state index is 10.1. The van der Waals surface area contributed by atoms with Gasteiger partial charge in [-0.1, -0.05) is 25.4 Å². The molecule has 0 amide bonds. The molecule has 0 saturated heterocycles. The molecular weight excluding hydrogens is 272 g/mol. The fraction of sp³-hybridized carbons (Fsp3) is 0.545. The molecule has 0 saturated carbocycles. The van der Waals surface area contributed by atoms with Crippen molar-refractivity contribution in [2.24, 2.45) is 5.92 Å². The van der Waals surface area contributed by atoms with Crippen LogP contribution in [-0.2, 0) is 13.0 Å². The molecule has 1 unspecified atom stereocenters. The summed E-state index contributed by atoms with van der Waals surface area (Å²) in [6, 6.07) is 0. The molecule has 0 radical (unpaired) electrons. The molecule has 0 spiro atoms. The predicted octanol–water partition coefficient (Wildman–Crippen LogP) is 2.32. The zero-order chi connectivity index (χ0) is 13.1. The summed E-state index contributed by atoms with van der Waals surface area (Å²) < 4.78 is 2.40. The average Bonchev–Trinajstić information content (AvgIpc) is 2.88. The fourth-order valence-corrected chi connectivity index (χ4v) is 2.54. The predicted molar refractivity (Wildman–Crippen MR) is 70.6 cm³/mol. The van der Waals surface area contributed by atoms with E-state index in [0.29, 0.717) is 21.7 Å². The van der Waals surface area contributed by atoms with Crippen LogP contribution in [0.1, 0.15) is 30.8 Å². The summed E-state index contributed by atoms with van der Waals surface area (Å²) in [4.78, 5) is 8.24. The van der Waals surface area contributed by atoms with Crippen LogP contribution in [-0.4, -0.2) is 24.9 Å². The van der Waals surface area contributed by atoms with Gasteiger partial charge in [-0.2, -0.15) is 5.10 Å². The third kappa shape index (κ3) is 3.28. The van der Waals surface area contributed by atoms with Crippen molar-refractivity contribution in [1.29, 1.82) is 0 Å². The van der Waals surface area contributed by atoms with Crippen LogP contribution in [0.5, 0.6) is 0 Å². The minimum atomic E-state index is -0.683. The first-order valence-electron chi connectivity index (χ1n) is 5.72. The molecule has 0 aliphatic carbocycles. The number of nitrogens with zero attached hydrogens (tertiary/aromatic N) is 4. The topological polar surface area (TPSA) is 63.8 Å². The standard InChI is InChI=1S/C11H15ClN4OS/c1-7(2)5-16-10(14-6-15-16)3-8(17)11-13-4-9(12)18-11/h4,6-8,17H,3,5H2,1-2H3. The third-order valence-corrected chi connectivity index (χ3v) is 3.61. The first-order valence-corrected chi connectivity index (χ1v) is 6.91. The van der Waals surface area contributed by atoms with Crippen molar-refractivity contribution < 1.29 is 5.11 Å². The fourth-order valence-electron chi connectivity index (χ4n) is 1.63. The van der Waals surface area contributed by atoms with E-state index in [0.717, 1.165) is 12.4 Å². The van der Waals surface area contributed by atoms with Crippen molar-refractivity contribution in [1.82, 2.24) is 19.7 Å². The van der Waals surface area contributed by atoms with E-state index < -0.39 is 6.10 Å². The molecular formula is C11H15ClN4OS. The van der Waals surface area contributed by atoms with Crippen molar-refractivity contribution >= 4 is 22.9 Å². The quantitative estimate of drug-likeness (QED) is 0.916. The van der Waals surface area contributed by atoms with Gasteiger partial charge in [-0.3, -0.25) is 0 Å². The Hall–Kier alpha value is -0.980. The van der Waals surface area contributed by atoms with E-state index in [1.165, 1.54) is 17.7 Å². The molecule has 0 aliphatic rings. The lowest BCUT2D eigenvalue weighted by Gasteiger charge is -2.10. The van der Waals surface area contributed by atoms with E-state index in [2.05, 4.69) is 28.9 Å². The van der Waals surface area contributed by atoms with Gasteiger partial charge in [-0.05, 0) is 5.92 Å². The molecule has 2 heterocycles. The van der Waals surface area contributed by atoms with E-state index in [1.807, 2.05) is 4.68 Å². The number of hydrogen-bond donors (Lipinski definition) is 1. The SMILES string of the molecule is CC(C)Cn1ncnc1CC(O)c1ncc(Cl)s1. The maximum Gasteiger partial charge on any atom is 0.138 e. The number of aliphatic hydroxyl groups is 1. The van der Waals surface area contributed by atoms with Gasteiger partial charge in [0.05, 0.1) is 6.20 Å². The van der Waals surface area contributed by atoms with Gasteiger partial charge in [0.1, 0.15) is 27.6 Å². The Morgan fingerprint density at radius 3 is 2.83 bits per heavy atom. The number of halogens is 1. The summed E-state index contributed by atoms with van der Waals surface area (Å²) in [5.74, 6) is 1.25. The lowest BCUT2D eigenvalue weighted by molar-refractivity contribution is 0.173. The Bertz CT molecular complexity index is 511. The molecule has 1 atom stereocenters. The third-order valence-electron chi connectivity index (χ3n) is 2.39. The molecule has 0 aliphatic heterocycles. The van der Waals surface area contributed by atoms with Crippen LogP contribution in [0.4, 0.5) is 0 Å². The molecule has 2 rings (SSSR count). The molecule has 98 valence electrons. The van der Waals surface area contributed by atoms with Crippen LogP contribution in [0.25, 0.3) is 0 Å². The summed E-state index contributed by atoms with van der Waals surface area (Å²) in [6.07, 6.45) is 2.78. The smallest absolute Gasteiger partial charge is 0.138 e. The van der Waals surface area contributed by atoms with Crippen molar-refractivity contribution in [2.45, 2.75) is 32.9 Å². The Morgan fingerprint density at radius 2 is 2.22 bits per heavy atom. The Kier molecular flexibility index (Phi) is 4.31. The maximum absolute atomic E-state index is 10.1. The Balaban J connectivity index is 2.07. The number of aliphatic hydroxyl groups excluding tert-OH is 1. The highest BCUT2D eigenvalue weighted by atomic mass is 35.5. The highest BCUT2D eigenvalue weighted by Crippen LogP contribution is 2.25. The lowest BCUT2D eigenvalue weighted by Crippen LogP contribution is -2.13. The number of thiazole rings is 1. The normalized spacial score (nSPS) is 13.2. The van der Waals surface area contributed by atoms with E-state index >= 15 is 0 Å². The second kappa shape index (κ2) is 5.77. The Morgan fingerprint density at radius 1 is 1.44 bits per heavy atom. The molecule has 7 heteroatoms. The van der Waals surface area contributed by atoms with Crippen LogP contribution < -0.4 is 0 Å². The minimum Gasteiger partial charge on any atom is -0.385 e. The van der Waals surface area contributed by atoms with Crippen LogP contribution in [0, 0.1) is 5.92 Å². The van der Waals surface area contributed by atoms with Gasteiger partial charge in [0.15, 0.2) is 0 Å². The summed E-state index contributed by atoms with van der Waals surface area (Å²) in [5, 5.41) is 14.8. The molecule has 2 aromatic heterocycles. The zero-order valence-electron chi connectivity index (χ0n) is 10.2. The van der Waals surface area contributed by atoms with Crippen LogP contribution in [0.15, 0.2) is 12.5 Å². The van der Waals surface area contributed by atoms with Crippen LogP contribution in [0.2, 0.25) is 4.34 Å². The second-order valence-corrected chi connectivity index (χ2v) is 6.17. The number of aromatic nitrogens is 4. The number of rotatable bonds is 5. The van der Waals surface area contributed by atoms with E-state index in [9.17, 15) is 5.11 Å². The molecule has 0 fully saturated rings. The van der Waals surface area contributed by atoms with Gasteiger partial charge < -0.3 is 5.11 Å². The van der Waals surface area contributed by atoms with Gasteiger partial charge in [-0.15, -0.1) is 11.3 Å². The minimum absolute atomic E-state index is 0.399. The van der Waals surface area contributed by atoms with Crippen molar-refractivity contribution in [3.05, 3.63) is 27.7 Å². The average molecular weight is 287 g/mol. The monoisotopic (exact) mass is 286 g/mol. The second-order valence-electron chi connectivity index (χ2n) is 4.47. The van der Waals surface area contributed by atoms with Crippen LogP contribution >= 0.6 is 22.9 Å². The molecule has 18 heavy (non-hydrogen) atoms. The van der Waals surface area contributed by atoms with Crippen LogP contribution in [0.3, 0.4) is 0 Å². The summed E-state index contributed by atoms with van der Waals surface area (Å²) in [5.41, 5.74) is 0. The van der Waals surface area contributed by atoms with E-state index in [-0.39, 0.29) is 0 Å². The summed E-state index contributed by atoms with van der Waals surface area (Å²) in [6.45, 7) is 5.02. The van der Waals surface area contributed by atoms with Crippen molar-refractivity contribution in [2.75, 3.05) is 0 Å². The molecule has 0 aromatic carbocycles. The van der Waals surface area contributed by atoms with Gasteiger partial charge >= 0.3 is 0 Å².